The summed E-state index contributed by atoms with van der Waals surface area (Å²) in [5.74, 6) is -0.334. The van der Waals surface area contributed by atoms with Crippen molar-refractivity contribution in [1.82, 2.24) is 19.6 Å². The molecule has 1 amide bonds. The Morgan fingerprint density at radius 1 is 1.00 bits per heavy atom. The lowest BCUT2D eigenvalue weighted by molar-refractivity contribution is -0.132. The molecule has 0 spiro atoms. The largest absolute Gasteiger partial charge is 0.505 e. The van der Waals surface area contributed by atoms with Crippen LogP contribution in [0.25, 0.3) is 11.4 Å². The van der Waals surface area contributed by atoms with Crippen LogP contribution in [0.2, 0.25) is 0 Å². The number of carbonyl (C=O) groups excluding carboxylic acids is 2. The number of carbonyl (C=O) groups is 2. The second kappa shape index (κ2) is 13.4. The summed E-state index contributed by atoms with van der Waals surface area (Å²) >= 11 is 2.71. The van der Waals surface area contributed by atoms with Gasteiger partial charge >= 0.3 is 5.91 Å². The average molecular weight is 656 g/mol. The summed E-state index contributed by atoms with van der Waals surface area (Å²) in [6.45, 7) is 8.49. The molecule has 10 nitrogen and oxygen atoms in total. The first kappa shape index (κ1) is 31.3. The van der Waals surface area contributed by atoms with Gasteiger partial charge in [0.1, 0.15) is 11.3 Å². The fourth-order valence-corrected chi connectivity index (χ4v) is 7.21. The lowest BCUT2D eigenvalue weighted by atomic mass is 9.96. The summed E-state index contributed by atoms with van der Waals surface area (Å²) in [6, 6.07) is 18.0. The first-order valence-corrected chi connectivity index (χ1v) is 16.8. The van der Waals surface area contributed by atoms with Gasteiger partial charge in [-0.3, -0.25) is 14.5 Å². The molecule has 3 aromatic heterocycles. The third-order valence-electron chi connectivity index (χ3n) is 7.60. The highest BCUT2D eigenvalue weighted by Crippen LogP contribution is 2.46. The number of pyridine rings is 1. The average Bonchev–Trinajstić information content (AvgIpc) is 3.74. The van der Waals surface area contributed by atoms with E-state index in [9.17, 15) is 14.7 Å². The molecule has 46 heavy (non-hydrogen) atoms. The summed E-state index contributed by atoms with van der Waals surface area (Å²) < 4.78 is 14.3. The van der Waals surface area contributed by atoms with Crippen molar-refractivity contribution in [3.05, 3.63) is 101 Å². The zero-order chi connectivity index (χ0) is 32.4. The van der Waals surface area contributed by atoms with Crippen molar-refractivity contribution < 1.29 is 24.2 Å². The summed E-state index contributed by atoms with van der Waals surface area (Å²) in [5.41, 5.74) is 3.98. The SMILES string of the molecule is CCCOc1ccc(C2C(=C(O)c3nc4c(C)cccn4c3C)C(=O)C(=O)N2c2nnc(SCc3ccccc3)s2)cc1OCC. The van der Waals surface area contributed by atoms with Gasteiger partial charge in [0.25, 0.3) is 5.78 Å². The number of aliphatic hydroxyl groups excluding tert-OH is 1. The van der Waals surface area contributed by atoms with Crippen LogP contribution in [0, 0.1) is 13.8 Å². The predicted octanol–water partition coefficient (Wildman–Crippen LogP) is 6.91. The number of rotatable bonds is 11. The number of hydrogen-bond acceptors (Lipinski definition) is 10. The number of benzene rings is 2. The van der Waals surface area contributed by atoms with Crippen LogP contribution in [-0.4, -0.2) is 49.6 Å². The number of aryl methyl sites for hydroxylation is 2. The third kappa shape index (κ3) is 5.85. The topological polar surface area (TPSA) is 119 Å². The lowest BCUT2D eigenvalue weighted by Gasteiger charge is -2.23. The highest BCUT2D eigenvalue weighted by molar-refractivity contribution is 8.00. The van der Waals surface area contributed by atoms with E-state index in [0.29, 0.717) is 51.7 Å². The van der Waals surface area contributed by atoms with E-state index in [-0.39, 0.29) is 22.2 Å². The number of aromatic nitrogens is 4. The second-order valence-electron chi connectivity index (χ2n) is 10.7. The molecule has 6 rings (SSSR count). The van der Waals surface area contributed by atoms with Crippen molar-refractivity contribution in [3.63, 3.8) is 0 Å². The van der Waals surface area contributed by atoms with Crippen LogP contribution >= 0.6 is 23.1 Å². The van der Waals surface area contributed by atoms with Crippen molar-refractivity contribution in [2.45, 2.75) is 50.3 Å². The van der Waals surface area contributed by atoms with Crippen LogP contribution in [0.4, 0.5) is 5.13 Å². The number of nitrogens with zero attached hydrogens (tertiary/aromatic N) is 5. The number of amides is 1. The fraction of sp³-hybridized carbons (Fsp3) is 0.265. The van der Waals surface area contributed by atoms with Crippen molar-refractivity contribution >= 4 is 51.3 Å². The third-order valence-corrected chi connectivity index (χ3v) is 9.73. The number of ether oxygens (including phenoxy) is 2. The normalized spacial score (nSPS) is 16.0. The van der Waals surface area contributed by atoms with Gasteiger partial charge in [-0.25, -0.2) is 4.98 Å². The van der Waals surface area contributed by atoms with E-state index >= 15 is 0 Å². The van der Waals surface area contributed by atoms with Gasteiger partial charge in [-0.15, -0.1) is 10.2 Å². The Labute approximate surface area is 274 Å². The van der Waals surface area contributed by atoms with Gasteiger partial charge in [-0.2, -0.15) is 0 Å². The Morgan fingerprint density at radius 3 is 2.54 bits per heavy atom. The molecule has 2 aromatic carbocycles. The Kier molecular flexibility index (Phi) is 9.09. The number of hydrogen-bond donors (Lipinski definition) is 1. The van der Waals surface area contributed by atoms with Crippen LogP contribution in [0.1, 0.15) is 54.4 Å². The molecule has 5 aromatic rings. The monoisotopic (exact) mass is 655 g/mol. The smallest absolute Gasteiger partial charge is 0.301 e. The Hall–Kier alpha value is -4.68. The van der Waals surface area contributed by atoms with E-state index in [4.69, 9.17) is 14.5 Å². The van der Waals surface area contributed by atoms with E-state index in [1.54, 1.807) is 18.2 Å². The van der Waals surface area contributed by atoms with Crippen molar-refractivity contribution in [1.29, 1.82) is 0 Å². The molecule has 0 bridgehead atoms. The lowest BCUT2D eigenvalue weighted by Crippen LogP contribution is -2.29. The highest BCUT2D eigenvalue weighted by Gasteiger charge is 2.49. The van der Waals surface area contributed by atoms with E-state index in [1.807, 2.05) is 80.8 Å². The summed E-state index contributed by atoms with van der Waals surface area (Å²) in [7, 11) is 0. The molecular formula is C34H33N5O5S2. The molecular weight excluding hydrogens is 623 g/mol. The Morgan fingerprint density at radius 2 is 1.80 bits per heavy atom. The van der Waals surface area contributed by atoms with Crippen molar-refractivity contribution in [3.8, 4) is 11.5 Å². The van der Waals surface area contributed by atoms with E-state index in [0.717, 1.165) is 17.5 Å². The Balaban J connectivity index is 1.48. The molecule has 1 aliphatic rings. The van der Waals surface area contributed by atoms with Crippen LogP contribution in [0.3, 0.4) is 0 Å². The van der Waals surface area contributed by atoms with Gasteiger partial charge in [-0.1, -0.05) is 72.5 Å². The maximum absolute atomic E-state index is 13.9. The number of fused-ring (bicyclic) bond motifs is 1. The molecule has 1 saturated heterocycles. The van der Waals surface area contributed by atoms with Gasteiger partial charge in [0.05, 0.1) is 30.5 Å². The highest BCUT2D eigenvalue weighted by atomic mass is 32.2. The first-order chi connectivity index (χ1) is 22.3. The van der Waals surface area contributed by atoms with Gasteiger partial charge < -0.3 is 19.0 Å². The quantitative estimate of drug-likeness (QED) is 0.0532. The second-order valence-corrected chi connectivity index (χ2v) is 12.9. The minimum Gasteiger partial charge on any atom is -0.505 e. The molecule has 0 radical (unpaired) electrons. The molecule has 12 heteroatoms. The number of imidazole rings is 1. The zero-order valence-electron chi connectivity index (χ0n) is 25.9. The Bertz CT molecular complexity index is 1950. The number of aliphatic hydroxyl groups is 1. The fourth-order valence-electron chi connectivity index (χ4n) is 5.39. The van der Waals surface area contributed by atoms with E-state index in [2.05, 4.69) is 10.2 Å². The molecule has 4 heterocycles. The van der Waals surface area contributed by atoms with Gasteiger partial charge in [-0.05, 0) is 62.1 Å². The molecule has 1 N–H and O–H groups in total. The van der Waals surface area contributed by atoms with Gasteiger partial charge in [0.2, 0.25) is 5.13 Å². The summed E-state index contributed by atoms with van der Waals surface area (Å²) in [4.78, 5) is 33.7. The maximum Gasteiger partial charge on any atom is 0.301 e. The predicted molar refractivity (Wildman–Crippen MR) is 179 cm³/mol. The molecule has 0 aliphatic carbocycles. The zero-order valence-corrected chi connectivity index (χ0v) is 27.5. The van der Waals surface area contributed by atoms with Gasteiger partial charge in [0.15, 0.2) is 21.6 Å². The number of thioether (sulfide) groups is 1. The summed E-state index contributed by atoms with van der Waals surface area (Å²) in [5, 5.41) is 20.8. The molecule has 1 unspecified atom stereocenters. The van der Waals surface area contributed by atoms with E-state index < -0.39 is 17.7 Å². The molecule has 1 aliphatic heterocycles. The number of Topliss-reactive ketones (excluding diaryl/α,β-unsaturated/α-hetero) is 1. The first-order valence-electron chi connectivity index (χ1n) is 15.0. The standard InChI is InChI=1S/C34H33N5O5S2/c1-5-17-44-24-15-14-23(18-25(24)43-6-2)28-26(29(40)27-21(4)38-16-10-11-20(3)31(38)35-27)30(41)32(42)39(28)33-36-37-34(46-33)45-19-22-12-8-7-9-13-22/h7-16,18,28,40H,5-6,17,19H2,1-4H3. The molecule has 236 valence electrons. The van der Waals surface area contributed by atoms with E-state index in [1.165, 1.54) is 28.0 Å². The minimum absolute atomic E-state index is 0.0903. The number of anilines is 1. The molecule has 0 saturated carbocycles. The number of ketones is 1. The summed E-state index contributed by atoms with van der Waals surface area (Å²) in [6.07, 6.45) is 2.66. The van der Waals surface area contributed by atoms with Crippen LogP contribution in [0.15, 0.2) is 76.8 Å². The van der Waals surface area contributed by atoms with Crippen LogP contribution < -0.4 is 14.4 Å². The van der Waals surface area contributed by atoms with Crippen LogP contribution in [-0.2, 0) is 15.3 Å². The van der Waals surface area contributed by atoms with Crippen LogP contribution in [0.5, 0.6) is 11.5 Å². The van der Waals surface area contributed by atoms with Crippen molar-refractivity contribution in [2.75, 3.05) is 18.1 Å². The molecule has 1 fully saturated rings. The van der Waals surface area contributed by atoms with Gasteiger partial charge in [0, 0.05) is 11.9 Å². The van der Waals surface area contributed by atoms with Crippen molar-refractivity contribution in [2.24, 2.45) is 0 Å². The minimum atomic E-state index is -1.02. The molecule has 1 atom stereocenters. The maximum atomic E-state index is 13.9.